The Morgan fingerprint density at radius 1 is 1.09 bits per heavy atom. The largest absolute Gasteiger partial charge is 0.381 e. The number of likely N-dealkylation sites (N-methyl/N-ethyl adjacent to an activating group) is 1. The van der Waals surface area contributed by atoms with Gasteiger partial charge in [-0.05, 0) is 91.6 Å². The van der Waals surface area contributed by atoms with Gasteiger partial charge in [-0.3, -0.25) is 4.79 Å². The molecule has 0 bridgehead atoms. The first-order chi connectivity index (χ1) is 22.5. The zero-order valence-corrected chi connectivity index (χ0v) is 29.9. The number of aromatic amines is 1. The van der Waals surface area contributed by atoms with E-state index >= 15 is 0 Å². The molecule has 0 spiro atoms. The molecule has 1 aromatic heterocycles. The first-order valence-corrected chi connectivity index (χ1v) is 17.6. The molecule has 1 aliphatic rings. The van der Waals surface area contributed by atoms with Crippen LogP contribution in [0.2, 0.25) is 10.0 Å². The molecule has 0 aliphatic carbocycles. The summed E-state index contributed by atoms with van der Waals surface area (Å²) in [6, 6.07) is 20.5. The van der Waals surface area contributed by atoms with Gasteiger partial charge in [-0.2, -0.15) is 0 Å². The second-order valence-electron chi connectivity index (χ2n) is 13.8. The number of hydrogen-bond donors (Lipinski definition) is 2. The van der Waals surface area contributed by atoms with Gasteiger partial charge in [0.15, 0.2) is 0 Å². The summed E-state index contributed by atoms with van der Waals surface area (Å²) in [4.78, 5) is 26.2. The number of carbonyl (C=O) groups is 1. The summed E-state index contributed by atoms with van der Waals surface area (Å²) >= 11 is 12.7. The lowest BCUT2D eigenvalue weighted by Gasteiger charge is -2.34. The Balaban J connectivity index is 1.18. The summed E-state index contributed by atoms with van der Waals surface area (Å²) in [5.74, 6) is 0.980. The van der Waals surface area contributed by atoms with E-state index in [0.717, 1.165) is 74.5 Å². The van der Waals surface area contributed by atoms with Gasteiger partial charge in [-0.15, -0.1) is 0 Å². The van der Waals surface area contributed by atoms with Crippen molar-refractivity contribution in [3.63, 3.8) is 0 Å². The number of nitrogens with one attached hydrogen (secondary N) is 2. The monoisotopic (exact) mass is 677 g/mol. The molecule has 1 atom stereocenters. The quantitative estimate of drug-likeness (QED) is 0.139. The number of benzene rings is 3. The van der Waals surface area contributed by atoms with Crippen LogP contribution in [0.1, 0.15) is 79.9 Å². The number of H-pyrrole nitrogens is 1. The molecule has 252 valence electrons. The van der Waals surface area contributed by atoms with Gasteiger partial charge in [0.05, 0.1) is 27.7 Å². The number of halogens is 2. The summed E-state index contributed by atoms with van der Waals surface area (Å²) in [5, 5.41) is 4.74. The number of anilines is 1. The number of fused-ring (bicyclic) bond motifs is 1. The minimum atomic E-state index is 0.0226. The third-order valence-electron chi connectivity index (χ3n) is 9.29. The number of ether oxygens (including phenoxy) is 1. The Hall–Kier alpha value is -3.10. The Kier molecular flexibility index (Phi) is 11.9. The van der Waals surface area contributed by atoms with E-state index in [4.69, 9.17) is 32.9 Å². The highest BCUT2D eigenvalue weighted by atomic mass is 35.5. The average molecular weight is 679 g/mol. The smallest absolute Gasteiger partial charge is 0.253 e. The number of imidazole rings is 1. The minimum Gasteiger partial charge on any atom is -0.381 e. The second-order valence-corrected chi connectivity index (χ2v) is 14.6. The number of piperidine rings is 1. The van der Waals surface area contributed by atoms with E-state index in [2.05, 4.69) is 66.3 Å². The third kappa shape index (κ3) is 9.29. The van der Waals surface area contributed by atoms with E-state index < -0.39 is 0 Å². The fourth-order valence-corrected chi connectivity index (χ4v) is 6.70. The van der Waals surface area contributed by atoms with Crippen molar-refractivity contribution in [3.8, 4) is 0 Å². The molecule has 4 aromatic rings. The average Bonchev–Trinajstić information content (AvgIpc) is 3.47. The van der Waals surface area contributed by atoms with Gasteiger partial charge in [0.1, 0.15) is 0 Å². The lowest BCUT2D eigenvalue weighted by atomic mass is 9.86. The van der Waals surface area contributed by atoms with Crippen molar-refractivity contribution in [1.29, 1.82) is 0 Å². The molecule has 2 N–H and O–H groups in total. The van der Waals surface area contributed by atoms with Gasteiger partial charge < -0.3 is 24.8 Å². The molecule has 1 aliphatic heterocycles. The van der Waals surface area contributed by atoms with Crippen molar-refractivity contribution in [2.75, 3.05) is 51.8 Å². The fraction of sp³-hybridized carbons (Fsp3) is 0.474. The van der Waals surface area contributed by atoms with Crippen molar-refractivity contribution >= 4 is 46.1 Å². The van der Waals surface area contributed by atoms with Crippen LogP contribution in [0.4, 0.5) is 5.95 Å². The minimum absolute atomic E-state index is 0.0226. The van der Waals surface area contributed by atoms with E-state index in [1.54, 1.807) is 0 Å². The maximum atomic E-state index is 13.5. The van der Waals surface area contributed by atoms with Crippen LogP contribution in [0.5, 0.6) is 0 Å². The lowest BCUT2D eigenvalue weighted by molar-refractivity contribution is 0.0781. The van der Waals surface area contributed by atoms with E-state index in [1.807, 2.05) is 49.2 Å². The van der Waals surface area contributed by atoms with Crippen LogP contribution >= 0.6 is 23.2 Å². The molecule has 9 heteroatoms. The molecule has 0 saturated carbocycles. The van der Waals surface area contributed by atoms with Gasteiger partial charge >= 0.3 is 0 Å². The van der Waals surface area contributed by atoms with Gasteiger partial charge in [-0.1, -0.05) is 74.3 Å². The molecule has 1 saturated heterocycles. The first kappa shape index (κ1) is 35.2. The van der Waals surface area contributed by atoms with Crippen LogP contribution in [0, 0.1) is 0 Å². The summed E-state index contributed by atoms with van der Waals surface area (Å²) < 4.78 is 5.57. The Labute approximate surface area is 290 Å². The predicted molar refractivity (Wildman–Crippen MR) is 195 cm³/mol. The lowest BCUT2D eigenvalue weighted by Crippen LogP contribution is -2.40. The van der Waals surface area contributed by atoms with Gasteiger partial charge in [0.2, 0.25) is 5.95 Å². The van der Waals surface area contributed by atoms with Crippen molar-refractivity contribution in [2.24, 2.45) is 0 Å². The second kappa shape index (κ2) is 15.9. The third-order valence-corrected chi connectivity index (χ3v) is 10.0. The Morgan fingerprint density at radius 3 is 2.51 bits per heavy atom. The summed E-state index contributed by atoms with van der Waals surface area (Å²) in [5.41, 5.74) is 6.33. The molecular weight excluding hydrogens is 629 g/mol. The Bertz CT molecular complexity index is 1620. The van der Waals surface area contributed by atoms with Crippen molar-refractivity contribution in [1.82, 2.24) is 19.8 Å². The van der Waals surface area contributed by atoms with Crippen LogP contribution in [-0.4, -0.2) is 78.2 Å². The molecule has 0 radical (unpaired) electrons. The number of likely N-dealkylation sites (tertiary alicyclic amines) is 1. The maximum Gasteiger partial charge on any atom is 0.253 e. The number of rotatable bonds is 13. The summed E-state index contributed by atoms with van der Waals surface area (Å²) in [6.07, 6.45) is 3.83. The first-order valence-electron chi connectivity index (χ1n) is 16.9. The van der Waals surface area contributed by atoms with E-state index in [0.29, 0.717) is 34.8 Å². The van der Waals surface area contributed by atoms with Crippen molar-refractivity contribution in [3.05, 3.63) is 93.0 Å². The molecule has 7 nitrogen and oxygen atoms in total. The fourth-order valence-electron chi connectivity index (χ4n) is 6.40. The van der Waals surface area contributed by atoms with E-state index in [9.17, 15) is 4.79 Å². The predicted octanol–water partition coefficient (Wildman–Crippen LogP) is 8.57. The highest BCUT2D eigenvalue weighted by Crippen LogP contribution is 2.30. The van der Waals surface area contributed by atoms with Crippen LogP contribution in [0.3, 0.4) is 0 Å². The molecule has 2 heterocycles. The summed E-state index contributed by atoms with van der Waals surface area (Å²) in [6.45, 7) is 13.5. The van der Waals surface area contributed by atoms with Crippen LogP contribution in [0.25, 0.3) is 11.0 Å². The highest BCUT2D eigenvalue weighted by molar-refractivity contribution is 6.42. The number of nitrogens with zero attached hydrogens (tertiary/aromatic N) is 3. The van der Waals surface area contributed by atoms with Crippen molar-refractivity contribution in [2.45, 2.75) is 70.8 Å². The molecule has 47 heavy (non-hydrogen) atoms. The summed E-state index contributed by atoms with van der Waals surface area (Å²) in [7, 11) is 1.89. The van der Waals surface area contributed by atoms with Gasteiger partial charge in [0, 0.05) is 50.8 Å². The van der Waals surface area contributed by atoms with Crippen LogP contribution < -0.4 is 5.32 Å². The zero-order valence-electron chi connectivity index (χ0n) is 28.4. The van der Waals surface area contributed by atoms with Gasteiger partial charge in [0.25, 0.3) is 5.91 Å². The maximum absolute atomic E-state index is 13.5. The van der Waals surface area contributed by atoms with E-state index in [-0.39, 0.29) is 17.2 Å². The molecular formula is C38H49Cl2N5O2. The standard InChI is InChI=1S/C38H49Cl2N5O2/c1-6-47-23-19-26-8-7-9-34-35(26)43-37(42-34)41-31-17-21-45(22-18-31)20-16-29(28-12-15-32(39)33(40)24-28)25-44(5)36(46)27-10-13-30(14-11-27)38(2,3)4/h7-15,24,29,31H,6,16-23,25H2,1-5H3,(H2,41,42,43). The number of para-hydroxylation sites is 1. The normalized spacial score (nSPS) is 15.2. The molecule has 1 unspecified atom stereocenters. The van der Waals surface area contributed by atoms with Crippen LogP contribution in [-0.2, 0) is 16.6 Å². The van der Waals surface area contributed by atoms with Crippen LogP contribution in [0.15, 0.2) is 60.7 Å². The number of aromatic nitrogens is 2. The number of amides is 1. The van der Waals surface area contributed by atoms with Gasteiger partial charge in [-0.25, -0.2) is 4.98 Å². The molecule has 5 rings (SSSR count). The number of hydrogen-bond acceptors (Lipinski definition) is 5. The molecule has 3 aromatic carbocycles. The highest BCUT2D eigenvalue weighted by Gasteiger charge is 2.24. The van der Waals surface area contributed by atoms with E-state index in [1.165, 1.54) is 11.1 Å². The molecule has 1 fully saturated rings. The SMILES string of the molecule is CCOCCc1cccc2[nH]c(NC3CCN(CCC(CN(C)C(=O)c4ccc(C(C)(C)C)cc4)c4ccc(Cl)c(Cl)c4)CC3)nc12. The topological polar surface area (TPSA) is 73.5 Å². The number of carbonyl (C=O) groups excluding carboxylic acids is 1. The Morgan fingerprint density at radius 2 is 1.83 bits per heavy atom. The zero-order chi connectivity index (χ0) is 33.6. The molecule has 1 amide bonds. The van der Waals surface area contributed by atoms with Crippen molar-refractivity contribution < 1.29 is 9.53 Å².